The predicted molar refractivity (Wildman–Crippen MR) is 116 cm³/mol. The van der Waals surface area contributed by atoms with Gasteiger partial charge in [-0.15, -0.1) is 0 Å². The van der Waals surface area contributed by atoms with Gasteiger partial charge in [-0.1, -0.05) is 24.3 Å². The zero-order chi connectivity index (χ0) is 20.9. The van der Waals surface area contributed by atoms with E-state index in [4.69, 9.17) is 21.7 Å². The van der Waals surface area contributed by atoms with Gasteiger partial charge in [0.25, 0.3) is 0 Å². The number of hydrogen-bond donors (Lipinski definition) is 1. The molecule has 0 saturated carbocycles. The number of hydrogen-bond acceptors (Lipinski definition) is 4. The summed E-state index contributed by atoms with van der Waals surface area (Å²) >= 11 is 5.75. The Labute approximate surface area is 176 Å². The average molecular weight is 412 g/mol. The number of nitrogens with one attached hydrogen (secondary N) is 1. The van der Waals surface area contributed by atoms with E-state index < -0.39 is 11.6 Å². The van der Waals surface area contributed by atoms with Crippen LogP contribution in [0.5, 0.6) is 11.5 Å². The molecule has 7 heteroatoms. The second kappa shape index (κ2) is 6.91. The van der Waals surface area contributed by atoms with Gasteiger partial charge in [-0.25, -0.2) is 0 Å². The Hall–Kier alpha value is -2.80. The number of anilines is 1. The molecule has 152 valence electrons. The quantitative estimate of drug-likeness (QED) is 0.783. The topological polar surface area (TPSA) is 54.0 Å². The van der Waals surface area contributed by atoms with E-state index in [1.165, 1.54) is 0 Å². The van der Waals surface area contributed by atoms with Crippen molar-refractivity contribution in [1.82, 2.24) is 10.2 Å². The molecule has 2 aliphatic heterocycles. The zero-order valence-electron chi connectivity index (χ0n) is 17.2. The van der Waals surface area contributed by atoms with Crippen LogP contribution >= 0.6 is 12.2 Å². The molecular weight excluding hydrogens is 386 g/mol. The second-order valence-corrected chi connectivity index (χ2v) is 8.23. The third-order valence-corrected chi connectivity index (χ3v) is 5.98. The summed E-state index contributed by atoms with van der Waals surface area (Å²) in [5.74, 6) is 0.731. The number of ether oxygens (including phenoxy) is 2. The first-order valence-corrected chi connectivity index (χ1v) is 9.93. The fourth-order valence-corrected chi connectivity index (χ4v) is 4.76. The van der Waals surface area contributed by atoms with Gasteiger partial charge < -0.3 is 19.7 Å². The Morgan fingerprint density at radius 2 is 2.00 bits per heavy atom. The molecule has 29 heavy (non-hydrogen) atoms. The summed E-state index contributed by atoms with van der Waals surface area (Å²) in [6, 6.07) is 13.4. The van der Waals surface area contributed by atoms with E-state index in [1.54, 1.807) is 26.1 Å². The van der Waals surface area contributed by atoms with Crippen LogP contribution in [0.15, 0.2) is 42.5 Å². The molecule has 1 fully saturated rings. The van der Waals surface area contributed by atoms with Crippen LogP contribution in [-0.4, -0.2) is 42.8 Å². The Bertz CT molecular complexity index is 993. The van der Waals surface area contributed by atoms with Gasteiger partial charge in [0, 0.05) is 25.3 Å². The number of para-hydroxylation sites is 1. The Morgan fingerprint density at radius 1 is 1.28 bits per heavy atom. The summed E-state index contributed by atoms with van der Waals surface area (Å²) in [4.78, 5) is 16.9. The maximum Gasteiger partial charge on any atom is 0.233 e. The number of carbonyl (C=O) groups excluding carboxylic acids is 1. The lowest BCUT2D eigenvalue weighted by molar-refractivity contribution is -0.144. The second-order valence-electron chi connectivity index (χ2n) is 7.85. The van der Waals surface area contributed by atoms with E-state index in [-0.39, 0.29) is 11.9 Å². The van der Waals surface area contributed by atoms with Gasteiger partial charge in [-0.2, -0.15) is 0 Å². The number of nitrogens with zero attached hydrogens (tertiary/aromatic N) is 2. The molecule has 2 aromatic rings. The van der Waals surface area contributed by atoms with Crippen LogP contribution < -0.4 is 19.7 Å². The predicted octanol–water partition coefficient (Wildman–Crippen LogP) is 3.25. The molecule has 0 spiro atoms. The van der Waals surface area contributed by atoms with E-state index in [9.17, 15) is 4.79 Å². The third-order valence-electron chi connectivity index (χ3n) is 5.68. The molecule has 4 rings (SSSR count). The fraction of sp³-hybridized carbons (Fsp3) is 0.364. The molecule has 1 saturated heterocycles. The van der Waals surface area contributed by atoms with Crippen LogP contribution in [0.4, 0.5) is 5.69 Å². The first-order valence-electron chi connectivity index (χ1n) is 9.52. The Morgan fingerprint density at radius 3 is 2.66 bits per heavy atom. The first kappa shape index (κ1) is 19.5. The number of rotatable bonds is 3. The highest BCUT2D eigenvalue weighted by molar-refractivity contribution is 7.80. The van der Waals surface area contributed by atoms with Crippen molar-refractivity contribution in [2.24, 2.45) is 5.92 Å². The van der Waals surface area contributed by atoms with Gasteiger partial charge in [-0.3, -0.25) is 9.69 Å². The number of aryl methyl sites for hydroxylation is 1. The number of amides is 1. The average Bonchev–Trinajstić information content (AvgIpc) is 2.66. The van der Waals surface area contributed by atoms with Crippen molar-refractivity contribution >= 4 is 28.9 Å². The van der Waals surface area contributed by atoms with Gasteiger partial charge >= 0.3 is 0 Å². The largest absolute Gasteiger partial charge is 0.493 e. The van der Waals surface area contributed by atoms with Crippen LogP contribution in [0.25, 0.3) is 0 Å². The Kier molecular flexibility index (Phi) is 4.65. The molecule has 2 aliphatic rings. The molecule has 1 N–H and O–H groups in total. The molecule has 6 nitrogen and oxygen atoms in total. The maximum absolute atomic E-state index is 13.3. The lowest BCUT2D eigenvalue weighted by Gasteiger charge is -2.56. The van der Waals surface area contributed by atoms with Gasteiger partial charge in [0.2, 0.25) is 5.91 Å². The monoisotopic (exact) mass is 411 g/mol. The maximum atomic E-state index is 13.3. The highest BCUT2D eigenvalue weighted by Crippen LogP contribution is 2.52. The number of carbonyl (C=O) groups is 1. The minimum atomic E-state index is -1.02. The smallest absolute Gasteiger partial charge is 0.233 e. The zero-order valence-corrected chi connectivity index (χ0v) is 18.0. The van der Waals surface area contributed by atoms with E-state index >= 15 is 0 Å². The lowest BCUT2D eigenvalue weighted by Crippen LogP contribution is -2.72. The van der Waals surface area contributed by atoms with Crippen LogP contribution in [0.1, 0.15) is 24.1 Å². The number of thiocarbonyl (C=S) groups is 1. The lowest BCUT2D eigenvalue weighted by atomic mass is 9.78. The van der Waals surface area contributed by atoms with E-state index in [0.29, 0.717) is 16.6 Å². The van der Waals surface area contributed by atoms with Crippen LogP contribution in [0.3, 0.4) is 0 Å². The molecular formula is C22H25N3O3S. The minimum absolute atomic E-state index is 0.0291. The minimum Gasteiger partial charge on any atom is -0.493 e. The van der Waals surface area contributed by atoms with Crippen molar-refractivity contribution in [1.29, 1.82) is 0 Å². The molecule has 0 unspecified atom stereocenters. The standard InChI is InChI=1S/C22H25N3O3S/c1-13-8-6-9-14(12-13)25-21(29)23-18-15-10-7-11-16(27-5)19(15)28-22(25,2)17(18)20(26)24(3)4/h6-12,17-18H,1-5H3,(H,23,29)/t17-,18+,22+/m1/s1. The summed E-state index contributed by atoms with van der Waals surface area (Å²) < 4.78 is 12.2. The van der Waals surface area contributed by atoms with Crippen molar-refractivity contribution in [2.45, 2.75) is 25.6 Å². The molecule has 2 aromatic carbocycles. The van der Waals surface area contributed by atoms with Gasteiger partial charge in [-0.05, 0) is 49.8 Å². The molecule has 2 bridgehead atoms. The number of fused-ring (bicyclic) bond motifs is 4. The first-order chi connectivity index (χ1) is 13.8. The van der Waals surface area contributed by atoms with E-state index in [2.05, 4.69) is 5.32 Å². The summed E-state index contributed by atoms with van der Waals surface area (Å²) in [5, 5.41) is 3.94. The van der Waals surface area contributed by atoms with Crippen LogP contribution in [0.2, 0.25) is 0 Å². The summed E-state index contributed by atoms with van der Waals surface area (Å²) in [6.45, 7) is 3.95. The van der Waals surface area contributed by atoms with E-state index in [0.717, 1.165) is 16.8 Å². The Balaban J connectivity index is 1.95. The third kappa shape index (κ3) is 2.92. The molecule has 0 aliphatic carbocycles. The van der Waals surface area contributed by atoms with Crippen molar-refractivity contribution in [3.63, 3.8) is 0 Å². The van der Waals surface area contributed by atoms with Crippen molar-refractivity contribution in [3.8, 4) is 11.5 Å². The molecule has 0 radical (unpaired) electrons. The molecule has 3 atom stereocenters. The molecule has 1 amide bonds. The summed E-state index contributed by atoms with van der Waals surface area (Å²) in [5.41, 5.74) is 1.82. The summed E-state index contributed by atoms with van der Waals surface area (Å²) in [6.07, 6.45) is 0. The van der Waals surface area contributed by atoms with Crippen molar-refractivity contribution in [2.75, 3.05) is 26.1 Å². The molecule has 2 heterocycles. The molecule has 0 aromatic heterocycles. The van der Waals surface area contributed by atoms with Crippen LogP contribution in [0, 0.1) is 12.8 Å². The van der Waals surface area contributed by atoms with Gasteiger partial charge in [0.05, 0.1) is 13.2 Å². The van der Waals surface area contributed by atoms with Crippen molar-refractivity contribution < 1.29 is 14.3 Å². The highest BCUT2D eigenvalue weighted by atomic mass is 32.1. The normalized spacial score (nSPS) is 24.9. The van der Waals surface area contributed by atoms with Crippen LogP contribution in [-0.2, 0) is 4.79 Å². The summed E-state index contributed by atoms with van der Waals surface area (Å²) in [7, 11) is 5.14. The van der Waals surface area contributed by atoms with Gasteiger partial charge in [0.15, 0.2) is 22.3 Å². The SMILES string of the molecule is COc1cccc2c1O[C@@]1(C)[C@@H](C(=O)N(C)C)[C@H]2NC(=S)N1c1cccc(C)c1. The van der Waals surface area contributed by atoms with Gasteiger partial charge in [0.1, 0.15) is 5.92 Å². The van der Waals surface area contributed by atoms with E-state index in [1.807, 2.05) is 61.2 Å². The fourth-order valence-electron chi connectivity index (χ4n) is 4.34. The van der Waals surface area contributed by atoms with Crippen molar-refractivity contribution in [3.05, 3.63) is 53.6 Å². The number of benzene rings is 2. The highest BCUT2D eigenvalue weighted by Gasteiger charge is 2.59. The number of methoxy groups -OCH3 is 1.